The number of carbonyl (C=O) groups is 1. The molecule has 1 atom stereocenters. The average molecular weight is 356 g/mol. The highest BCUT2D eigenvalue weighted by atomic mass is 35.5. The Hall–Kier alpha value is -1.17. The van der Waals surface area contributed by atoms with Gasteiger partial charge in [-0.1, -0.05) is 23.7 Å². The summed E-state index contributed by atoms with van der Waals surface area (Å²) in [6.07, 6.45) is -0.568. The van der Waals surface area contributed by atoms with Gasteiger partial charge in [-0.2, -0.15) is 23.1 Å². The van der Waals surface area contributed by atoms with Crippen LogP contribution in [0.5, 0.6) is 5.75 Å². The number of benzene rings is 1. The molecule has 0 aliphatic rings. The molecule has 1 amide bonds. The van der Waals surface area contributed by atoms with Crippen LogP contribution in [0.25, 0.3) is 0 Å². The van der Waals surface area contributed by atoms with Crippen LogP contribution in [0.15, 0.2) is 41.1 Å². The van der Waals surface area contributed by atoms with Gasteiger partial charge in [-0.15, -0.1) is 0 Å². The normalized spacial score (nSPS) is 11.9. The van der Waals surface area contributed by atoms with Crippen LogP contribution in [0.4, 0.5) is 0 Å². The van der Waals surface area contributed by atoms with Crippen LogP contribution in [-0.2, 0) is 10.5 Å². The number of carbonyl (C=O) groups excluding carboxylic acids is 1. The van der Waals surface area contributed by atoms with E-state index < -0.39 is 6.10 Å². The van der Waals surface area contributed by atoms with E-state index in [-0.39, 0.29) is 5.91 Å². The van der Waals surface area contributed by atoms with Gasteiger partial charge in [0.05, 0.1) is 5.02 Å². The molecule has 22 heavy (non-hydrogen) atoms. The van der Waals surface area contributed by atoms with Gasteiger partial charge in [0, 0.05) is 18.1 Å². The van der Waals surface area contributed by atoms with Crippen LogP contribution >= 0.6 is 34.7 Å². The van der Waals surface area contributed by atoms with Gasteiger partial charge in [-0.3, -0.25) is 4.79 Å². The van der Waals surface area contributed by atoms with Gasteiger partial charge in [-0.25, -0.2) is 0 Å². The van der Waals surface area contributed by atoms with Crippen LogP contribution in [0.3, 0.4) is 0 Å². The highest BCUT2D eigenvalue weighted by Crippen LogP contribution is 2.24. The number of thioether (sulfide) groups is 1. The summed E-state index contributed by atoms with van der Waals surface area (Å²) in [5.41, 5.74) is 1.33. The highest BCUT2D eigenvalue weighted by Gasteiger charge is 2.15. The van der Waals surface area contributed by atoms with Crippen LogP contribution < -0.4 is 10.1 Å². The standard InChI is InChI=1S/C16H18ClNO2S2/c1-12(20-15-5-3-2-4-14(15)17)16(19)18-7-9-22-11-13-6-8-21-10-13/h2-6,8,10,12H,7,9,11H2,1H3,(H,18,19)/t12-/m0/s1. The third-order valence-electron chi connectivity index (χ3n) is 2.90. The Kier molecular flexibility index (Phi) is 7.09. The minimum atomic E-state index is -0.568. The lowest BCUT2D eigenvalue weighted by atomic mass is 10.3. The Bertz CT molecular complexity index is 590. The first-order valence-corrected chi connectivity index (χ1v) is 9.42. The highest BCUT2D eigenvalue weighted by molar-refractivity contribution is 7.98. The molecule has 1 heterocycles. The predicted octanol–water partition coefficient (Wildman–Crippen LogP) is 4.22. The van der Waals surface area contributed by atoms with E-state index in [1.54, 1.807) is 42.2 Å². The van der Waals surface area contributed by atoms with Crippen molar-refractivity contribution in [3.63, 3.8) is 0 Å². The summed E-state index contributed by atoms with van der Waals surface area (Å²) in [5.74, 6) is 2.25. The molecular weight excluding hydrogens is 338 g/mol. The van der Waals surface area contributed by atoms with Crippen LogP contribution in [-0.4, -0.2) is 24.3 Å². The van der Waals surface area contributed by atoms with E-state index in [1.165, 1.54) is 5.56 Å². The maximum atomic E-state index is 12.0. The summed E-state index contributed by atoms with van der Waals surface area (Å²) < 4.78 is 5.57. The first-order chi connectivity index (χ1) is 10.7. The third kappa shape index (κ3) is 5.55. The van der Waals surface area contributed by atoms with Gasteiger partial charge in [0.15, 0.2) is 6.10 Å². The van der Waals surface area contributed by atoms with Crippen molar-refractivity contribution in [1.29, 1.82) is 0 Å². The Balaban J connectivity index is 1.65. The molecule has 1 aromatic heterocycles. The molecule has 0 aliphatic heterocycles. The van der Waals surface area contributed by atoms with Crippen LogP contribution in [0, 0.1) is 0 Å². The second-order valence-electron chi connectivity index (χ2n) is 4.67. The summed E-state index contributed by atoms with van der Waals surface area (Å²) in [4.78, 5) is 12.0. The summed E-state index contributed by atoms with van der Waals surface area (Å²) in [6, 6.07) is 9.26. The van der Waals surface area contributed by atoms with Gasteiger partial charge in [-0.05, 0) is 41.4 Å². The zero-order valence-electron chi connectivity index (χ0n) is 12.3. The van der Waals surface area contributed by atoms with Crippen molar-refractivity contribution in [2.75, 3.05) is 12.3 Å². The first kappa shape index (κ1) is 17.2. The number of hydrogen-bond donors (Lipinski definition) is 1. The zero-order chi connectivity index (χ0) is 15.8. The molecule has 0 saturated carbocycles. The van der Waals surface area contributed by atoms with Crippen molar-refractivity contribution in [2.24, 2.45) is 0 Å². The number of amides is 1. The summed E-state index contributed by atoms with van der Waals surface area (Å²) in [5, 5.41) is 7.60. The molecule has 118 valence electrons. The van der Waals surface area contributed by atoms with Crippen LogP contribution in [0.2, 0.25) is 5.02 Å². The Morgan fingerprint density at radius 2 is 2.23 bits per heavy atom. The lowest BCUT2D eigenvalue weighted by Gasteiger charge is -2.15. The van der Waals surface area contributed by atoms with E-state index in [0.717, 1.165) is 11.5 Å². The van der Waals surface area contributed by atoms with Gasteiger partial charge in [0.25, 0.3) is 5.91 Å². The Morgan fingerprint density at radius 1 is 1.41 bits per heavy atom. The molecule has 0 aliphatic carbocycles. The number of rotatable bonds is 8. The minimum absolute atomic E-state index is 0.129. The molecular formula is C16H18ClNO2S2. The molecule has 2 aromatic rings. The summed E-state index contributed by atoms with van der Waals surface area (Å²) >= 11 is 9.51. The number of nitrogens with one attached hydrogen (secondary N) is 1. The second kappa shape index (κ2) is 9.08. The SMILES string of the molecule is C[C@H](Oc1ccccc1Cl)C(=O)NCCSCc1ccsc1. The van der Waals surface area contributed by atoms with E-state index in [9.17, 15) is 4.79 Å². The fourth-order valence-corrected chi connectivity index (χ4v) is 3.50. The van der Waals surface area contributed by atoms with E-state index >= 15 is 0 Å². The largest absolute Gasteiger partial charge is 0.479 e. The molecule has 2 rings (SSSR count). The monoisotopic (exact) mass is 355 g/mol. The molecule has 6 heteroatoms. The Morgan fingerprint density at radius 3 is 2.95 bits per heavy atom. The molecule has 0 bridgehead atoms. The molecule has 0 fully saturated rings. The number of halogens is 1. The van der Waals surface area contributed by atoms with Crippen molar-refractivity contribution in [2.45, 2.75) is 18.8 Å². The number of ether oxygens (including phenoxy) is 1. The lowest BCUT2D eigenvalue weighted by Crippen LogP contribution is -2.37. The molecule has 0 spiro atoms. The van der Waals surface area contributed by atoms with E-state index in [0.29, 0.717) is 17.3 Å². The maximum absolute atomic E-state index is 12.0. The van der Waals surface area contributed by atoms with Crippen molar-refractivity contribution >= 4 is 40.6 Å². The fourth-order valence-electron chi connectivity index (χ4n) is 1.74. The Labute approximate surface area is 144 Å². The smallest absolute Gasteiger partial charge is 0.260 e. The number of hydrogen-bond acceptors (Lipinski definition) is 4. The van der Waals surface area contributed by atoms with Crippen molar-refractivity contribution in [1.82, 2.24) is 5.32 Å². The fraction of sp³-hybridized carbons (Fsp3) is 0.312. The third-order valence-corrected chi connectivity index (χ3v) is 4.98. The predicted molar refractivity (Wildman–Crippen MR) is 95.0 cm³/mol. The van der Waals surface area contributed by atoms with Gasteiger partial charge in [0.1, 0.15) is 5.75 Å². The van der Waals surface area contributed by atoms with Gasteiger partial charge >= 0.3 is 0 Å². The minimum Gasteiger partial charge on any atom is -0.479 e. The molecule has 0 unspecified atom stereocenters. The topological polar surface area (TPSA) is 38.3 Å². The lowest BCUT2D eigenvalue weighted by molar-refractivity contribution is -0.127. The quantitative estimate of drug-likeness (QED) is 0.720. The number of para-hydroxylation sites is 1. The van der Waals surface area contributed by atoms with Gasteiger partial charge in [0.2, 0.25) is 0 Å². The van der Waals surface area contributed by atoms with E-state index in [1.807, 2.05) is 12.1 Å². The molecule has 3 nitrogen and oxygen atoms in total. The zero-order valence-corrected chi connectivity index (χ0v) is 14.6. The van der Waals surface area contributed by atoms with E-state index in [2.05, 4.69) is 22.1 Å². The van der Waals surface area contributed by atoms with E-state index in [4.69, 9.17) is 16.3 Å². The van der Waals surface area contributed by atoms with Crippen molar-refractivity contribution in [3.8, 4) is 5.75 Å². The molecule has 1 aromatic carbocycles. The molecule has 0 radical (unpaired) electrons. The first-order valence-electron chi connectivity index (χ1n) is 6.94. The second-order valence-corrected chi connectivity index (χ2v) is 6.96. The molecule has 0 saturated heterocycles. The van der Waals surface area contributed by atoms with Crippen LogP contribution in [0.1, 0.15) is 12.5 Å². The number of thiophene rings is 1. The van der Waals surface area contributed by atoms with Crippen molar-refractivity contribution < 1.29 is 9.53 Å². The maximum Gasteiger partial charge on any atom is 0.260 e. The summed E-state index contributed by atoms with van der Waals surface area (Å²) in [7, 11) is 0. The van der Waals surface area contributed by atoms with Crippen molar-refractivity contribution in [3.05, 3.63) is 51.7 Å². The summed E-state index contributed by atoms with van der Waals surface area (Å²) in [6.45, 7) is 2.35. The molecule has 1 N–H and O–H groups in total. The average Bonchev–Trinajstić information content (AvgIpc) is 3.02. The van der Waals surface area contributed by atoms with Gasteiger partial charge < -0.3 is 10.1 Å².